The molecule has 0 atom stereocenters. The van der Waals surface area contributed by atoms with E-state index in [1.54, 1.807) is 4.80 Å². The highest BCUT2D eigenvalue weighted by molar-refractivity contribution is 7.80. The molecule has 0 spiro atoms. The van der Waals surface area contributed by atoms with Crippen LogP contribution in [-0.4, -0.2) is 21.6 Å². The number of hydrogen-bond donors (Lipinski definition) is 1. The molecule has 0 saturated carbocycles. The van der Waals surface area contributed by atoms with Crippen molar-refractivity contribution in [1.82, 2.24) is 15.0 Å². The van der Waals surface area contributed by atoms with Gasteiger partial charge in [-0.1, -0.05) is 0 Å². The molecule has 0 fully saturated rings. The molecule has 4 nitrogen and oxygen atoms in total. The highest BCUT2D eigenvalue weighted by Gasteiger charge is 2.08. The third-order valence-electron chi connectivity index (χ3n) is 3.06. The molecule has 0 bridgehead atoms. The predicted molar refractivity (Wildman–Crippen MR) is 82.0 cm³/mol. The van der Waals surface area contributed by atoms with Gasteiger partial charge in [-0.2, -0.15) is 4.80 Å². The number of aromatic nitrogens is 3. The predicted octanol–water partition coefficient (Wildman–Crippen LogP) is 3.42. The maximum atomic E-state index is 5.49. The molecule has 2 aromatic carbocycles. The molecule has 0 N–H and O–H groups in total. The summed E-state index contributed by atoms with van der Waals surface area (Å²) < 4.78 is 5.49. The van der Waals surface area contributed by atoms with Crippen LogP contribution in [0.2, 0.25) is 0 Å². The van der Waals surface area contributed by atoms with Gasteiger partial charge in [-0.3, -0.25) is 0 Å². The molecule has 20 heavy (non-hydrogen) atoms. The fourth-order valence-electron chi connectivity index (χ4n) is 2.12. The summed E-state index contributed by atoms with van der Waals surface area (Å²) in [5, 5.41) is 8.99. The van der Waals surface area contributed by atoms with Crippen molar-refractivity contribution >= 4 is 23.7 Å². The van der Waals surface area contributed by atoms with Crippen LogP contribution in [0.4, 0.5) is 0 Å². The van der Waals surface area contributed by atoms with Crippen LogP contribution in [-0.2, 0) is 0 Å². The van der Waals surface area contributed by atoms with E-state index in [0.717, 1.165) is 32.9 Å². The van der Waals surface area contributed by atoms with Gasteiger partial charge in [0.1, 0.15) is 16.8 Å². The lowest BCUT2D eigenvalue weighted by Gasteiger charge is -2.07. The zero-order chi connectivity index (χ0) is 14.1. The minimum absolute atomic E-state index is 0.660. The molecule has 0 aliphatic rings. The van der Waals surface area contributed by atoms with Crippen LogP contribution in [0, 0.1) is 6.92 Å². The van der Waals surface area contributed by atoms with E-state index in [1.807, 2.05) is 50.2 Å². The summed E-state index contributed by atoms with van der Waals surface area (Å²) in [6.45, 7) is 4.66. The lowest BCUT2D eigenvalue weighted by atomic mass is 10.2. The summed E-state index contributed by atoms with van der Waals surface area (Å²) in [4.78, 5) is 2.54. The highest BCUT2D eigenvalue weighted by atomic mass is 32.1. The quantitative estimate of drug-likeness (QED) is 0.750. The summed E-state index contributed by atoms with van der Waals surface area (Å²) >= 11 is 4.32. The zero-order valence-electron chi connectivity index (χ0n) is 11.4. The first-order valence-corrected chi connectivity index (χ1v) is 6.92. The van der Waals surface area contributed by atoms with Crippen molar-refractivity contribution in [2.45, 2.75) is 18.7 Å². The minimum Gasteiger partial charge on any atom is -0.494 e. The largest absolute Gasteiger partial charge is 0.494 e. The second-order valence-electron chi connectivity index (χ2n) is 4.54. The Labute approximate surface area is 122 Å². The number of fused-ring (bicyclic) bond motifs is 1. The number of nitrogens with zero attached hydrogens (tertiary/aromatic N) is 3. The Morgan fingerprint density at radius 1 is 1.10 bits per heavy atom. The Balaban J connectivity index is 2.06. The van der Waals surface area contributed by atoms with E-state index in [4.69, 9.17) is 4.74 Å². The topological polar surface area (TPSA) is 39.9 Å². The fraction of sp³-hybridized carbons (Fsp3) is 0.200. The van der Waals surface area contributed by atoms with Gasteiger partial charge in [0.2, 0.25) is 0 Å². The van der Waals surface area contributed by atoms with Gasteiger partial charge in [0, 0.05) is 4.90 Å². The molecule has 1 heterocycles. The van der Waals surface area contributed by atoms with Gasteiger partial charge in [-0.15, -0.1) is 22.8 Å². The minimum atomic E-state index is 0.660. The van der Waals surface area contributed by atoms with Gasteiger partial charge >= 0.3 is 0 Å². The third kappa shape index (κ3) is 2.36. The molecule has 0 unspecified atom stereocenters. The molecule has 0 aliphatic heterocycles. The second-order valence-corrected chi connectivity index (χ2v) is 5.06. The van der Waals surface area contributed by atoms with E-state index in [0.29, 0.717) is 6.61 Å². The summed E-state index contributed by atoms with van der Waals surface area (Å²) in [6.07, 6.45) is 0. The van der Waals surface area contributed by atoms with Gasteiger partial charge in [0.25, 0.3) is 0 Å². The SMILES string of the molecule is CCOc1ccc(-n2nc3ccc(S)cc3n2)c(C)c1. The van der Waals surface area contributed by atoms with Crippen molar-refractivity contribution in [2.75, 3.05) is 6.61 Å². The Hall–Kier alpha value is -2.01. The number of benzene rings is 2. The maximum absolute atomic E-state index is 5.49. The van der Waals surface area contributed by atoms with Crippen LogP contribution in [0.25, 0.3) is 16.7 Å². The number of hydrogen-bond acceptors (Lipinski definition) is 4. The Morgan fingerprint density at radius 2 is 1.90 bits per heavy atom. The van der Waals surface area contributed by atoms with Crippen LogP contribution in [0.5, 0.6) is 5.75 Å². The molecule has 0 saturated heterocycles. The molecule has 0 radical (unpaired) electrons. The first kappa shape index (κ1) is 13.0. The van der Waals surface area contributed by atoms with Crippen LogP contribution in [0.3, 0.4) is 0 Å². The van der Waals surface area contributed by atoms with Crippen molar-refractivity contribution < 1.29 is 4.74 Å². The first-order chi connectivity index (χ1) is 9.67. The fourth-order valence-corrected chi connectivity index (χ4v) is 2.32. The monoisotopic (exact) mass is 285 g/mol. The maximum Gasteiger partial charge on any atom is 0.119 e. The number of ether oxygens (including phenoxy) is 1. The highest BCUT2D eigenvalue weighted by Crippen LogP contribution is 2.21. The average Bonchev–Trinajstić information content (AvgIpc) is 2.81. The number of thiol groups is 1. The lowest BCUT2D eigenvalue weighted by molar-refractivity contribution is 0.340. The van der Waals surface area contributed by atoms with E-state index in [1.165, 1.54) is 0 Å². The zero-order valence-corrected chi connectivity index (χ0v) is 12.3. The van der Waals surface area contributed by atoms with Crippen molar-refractivity contribution in [3.63, 3.8) is 0 Å². The Kier molecular flexibility index (Phi) is 3.36. The van der Waals surface area contributed by atoms with E-state index in [2.05, 4.69) is 22.8 Å². The molecule has 102 valence electrons. The molecule has 3 aromatic rings. The van der Waals surface area contributed by atoms with E-state index in [-0.39, 0.29) is 0 Å². The van der Waals surface area contributed by atoms with Crippen molar-refractivity contribution in [3.05, 3.63) is 42.0 Å². The number of aryl methyl sites for hydroxylation is 1. The normalized spacial score (nSPS) is 10.9. The van der Waals surface area contributed by atoms with Gasteiger partial charge in [0.05, 0.1) is 12.3 Å². The standard InChI is InChI=1S/C15H15N3OS/c1-3-19-11-4-7-15(10(2)8-11)18-16-13-6-5-12(20)9-14(13)17-18/h4-9,20H,3H2,1-2H3. The Bertz CT molecular complexity index is 767. The van der Waals surface area contributed by atoms with Gasteiger partial charge in [0.15, 0.2) is 0 Å². The molecular formula is C15H15N3OS. The first-order valence-electron chi connectivity index (χ1n) is 6.47. The van der Waals surface area contributed by atoms with Crippen LogP contribution in [0.1, 0.15) is 12.5 Å². The number of rotatable bonds is 3. The Morgan fingerprint density at radius 3 is 2.65 bits per heavy atom. The summed E-state index contributed by atoms with van der Waals surface area (Å²) in [5.41, 5.74) is 3.72. The van der Waals surface area contributed by atoms with Crippen LogP contribution in [0.15, 0.2) is 41.3 Å². The third-order valence-corrected chi connectivity index (χ3v) is 3.34. The summed E-state index contributed by atoms with van der Waals surface area (Å²) in [6, 6.07) is 11.6. The molecule has 1 aromatic heterocycles. The van der Waals surface area contributed by atoms with Crippen molar-refractivity contribution in [1.29, 1.82) is 0 Å². The summed E-state index contributed by atoms with van der Waals surface area (Å²) in [7, 11) is 0. The van der Waals surface area contributed by atoms with Crippen LogP contribution >= 0.6 is 12.6 Å². The van der Waals surface area contributed by atoms with Gasteiger partial charge in [-0.25, -0.2) is 0 Å². The van der Waals surface area contributed by atoms with Crippen molar-refractivity contribution in [3.8, 4) is 11.4 Å². The lowest BCUT2D eigenvalue weighted by Crippen LogP contribution is -2.01. The van der Waals surface area contributed by atoms with Crippen LogP contribution < -0.4 is 4.74 Å². The summed E-state index contributed by atoms with van der Waals surface area (Å²) in [5.74, 6) is 0.864. The van der Waals surface area contributed by atoms with E-state index in [9.17, 15) is 0 Å². The smallest absolute Gasteiger partial charge is 0.119 e. The molecule has 0 aliphatic carbocycles. The molecular weight excluding hydrogens is 270 g/mol. The van der Waals surface area contributed by atoms with Gasteiger partial charge in [-0.05, 0) is 55.8 Å². The van der Waals surface area contributed by atoms with E-state index < -0.39 is 0 Å². The van der Waals surface area contributed by atoms with Crippen molar-refractivity contribution in [2.24, 2.45) is 0 Å². The molecule has 5 heteroatoms. The second kappa shape index (κ2) is 5.17. The average molecular weight is 285 g/mol. The molecule has 3 rings (SSSR count). The molecule has 0 amide bonds. The van der Waals surface area contributed by atoms with Gasteiger partial charge < -0.3 is 4.74 Å². The van der Waals surface area contributed by atoms with E-state index >= 15 is 0 Å².